The summed E-state index contributed by atoms with van der Waals surface area (Å²) in [7, 11) is -5.21. The highest BCUT2D eigenvalue weighted by Gasteiger charge is 2.50. The first-order chi connectivity index (χ1) is 15.2. The van der Waals surface area contributed by atoms with Gasteiger partial charge in [0.05, 0.1) is 17.2 Å². The minimum Gasteiger partial charge on any atom is -0.465 e. The Labute approximate surface area is 182 Å². The lowest BCUT2D eigenvalue weighted by molar-refractivity contribution is -0.136. The second-order valence-corrected chi connectivity index (χ2v) is 8.58. The number of benzene rings is 3. The molecule has 0 spiro atoms. The van der Waals surface area contributed by atoms with E-state index in [-0.39, 0.29) is 28.2 Å². The molecule has 0 fully saturated rings. The highest BCUT2D eigenvalue weighted by atomic mass is 32.2. The maximum absolute atomic E-state index is 14.7. The molecule has 0 saturated heterocycles. The van der Waals surface area contributed by atoms with Crippen LogP contribution >= 0.6 is 0 Å². The number of hydrogen-bond donors (Lipinski definition) is 3. The van der Waals surface area contributed by atoms with Gasteiger partial charge in [-0.3, -0.25) is 4.55 Å². The number of ether oxygens (including phenoxy) is 1. The molecule has 4 rings (SSSR count). The van der Waals surface area contributed by atoms with Gasteiger partial charge in [-0.2, -0.15) is 21.6 Å². The predicted molar refractivity (Wildman–Crippen MR) is 104 cm³/mol. The van der Waals surface area contributed by atoms with Gasteiger partial charge in [0.2, 0.25) is 5.72 Å². The summed E-state index contributed by atoms with van der Waals surface area (Å²) >= 11 is 0. The molecule has 6 nitrogen and oxygen atoms in total. The van der Waals surface area contributed by atoms with Gasteiger partial charge in [-0.15, -0.1) is 4.72 Å². The third-order valence-corrected chi connectivity index (χ3v) is 5.85. The van der Waals surface area contributed by atoms with Gasteiger partial charge in [-0.25, -0.2) is 13.2 Å². The zero-order valence-corrected chi connectivity index (χ0v) is 17.1. The maximum atomic E-state index is 14.7. The van der Waals surface area contributed by atoms with E-state index in [1.54, 1.807) is 4.72 Å². The molecule has 0 saturated carbocycles. The molecule has 33 heavy (non-hydrogen) atoms. The van der Waals surface area contributed by atoms with E-state index in [1.165, 1.54) is 18.2 Å². The van der Waals surface area contributed by atoms with E-state index in [9.17, 15) is 39.3 Å². The van der Waals surface area contributed by atoms with E-state index >= 15 is 0 Å². The smallest absolute Gasteiger partial charge is 0.417 e. The van der Waals surface area contributed by atoms with Gasteiger partial charge in [0.25, 0.3) is 0 Å². The number of halogens is 6. The Balaban J connectivity index is 2.03. The quantitative estimate of drug-likeness (QED) is 0.294. The van der Waals surface area contributed by atoms with Crippen LogP contribution in [0.4, 0.5) is 26.3 Å². The standard InChI is InChI=1S/C20H14F6N2O4S/c21-14-8-16(23)15(22)7-13(14)19(28-33(29,30)31)17(27)6-9-5-12(20(24,25)26)10-3-1-2-4-11(10)18(9)32-19/h1-5,7-8,17,28H,6,27H2,(H,29,30,31). The molecule has 1 aliphatic rings. The maximum Gasteiger partial charge on any atom is 0.417 e. The van der Waals surface area contributed by atoms with Crippen molar-refractivity contribution in [3.8, 4) is 5.75 Å². The van der Waals surface area contributed by atoms with E-state index in [0.717, 1.165) is 12.1 Å². The van der Waals surface area contributed by atoms with Gasteiger partial charge in [-0.05, 0) is 29.5 Å². The molecule has 0 bridgehead atoms. The van der Waals surface area contributed by atoms with Crippen molar-refractivity contribution in [2.45, 2.75) is 24.4 Å². The lowest BCUT2D eigenvalue weighted by Crippen LogP contribution is -2.63. The SMILES string of the molecule is NC1Cc2cc(C(F)(F)F)c3ccccc3c2OC1(NS(=O)(=O)O)c1cc(F)c(F)cc1F. The third kappa shape index (κ3) is 4.01. The summed E-state index contributed by atoms with van der Waals surface area (Å²) in [6.45, 7) is 0. The van der Waals surface area contributed by atoms with Crippen molar-refractivity contribution in [3.05, 3.63) is 76.6 Å². The summed E-state index contributed by atoms with van der Waals surface area (Å²) in [5.74, 6) is -4.95. The van der Waals surface area contributed by atoms with E-state index in [4.69, 9.17) is 10.5 Å². The van der Waals surface area contributed by atoms with E-state index in [1.807, 2.05) is 0 Å². The Hall–Kier alpha value is -2.87. The molecule has 0 radical (unpaired) electrons. The molecule has 1 heterocycles. The predicted octanol–water partition coefficient (Wildman–Crippen LogP) is 3.78. The second-order valence-electron chi connectivity index (χ2n) is 7.43. The van der Waals surface area contributed by atoms with Crippen LogP contribution in [-0.2, 0) is 28.6 Å². The number of nitrogens with two attached hydrogens (primary N) is 1. The normalized spacial score (nSPS) is 21.0. The van der Waals surface area contributed by atoms with Crippen LogP contribution < -0.4 is 15.2 Å². The monoisotopic (exact) mass is 492 g/mol. The van der Waals surface area contributed by atoms with E-state index < -0.39 is 63.2 Å². The van der Waals surface area contributed by atoms with Gasteiger partial charge in [0, 0.05) is 11.5 Å². The lowest BCUT2D eigenvalue weighted by atomic mass is 9.85. The van der Waals surface area contributed by atoms with E-state index in [0.29, 0.717) is 6.07 Å². The fourth-order valence-electron chi connectivity index (χ4n) is 3.94. The van der Waals surface area contributed by atoms with Crippen molar-refractivity contribution >= 4 is 21.1 Å². The largest absolute Gasteiger partial charge is 0.465 e. The summed E-state index contributed by atoms with van der Waals surface area (Å²) in [4.78, 5) is 0. The first-order valence-corrected chi connectivity index (χ1v) is 10.6. The minimum absolute atomic E-state index is 0.0933. The zero-order valence-electron chi connectivity index (χ0n) is 16.3. The number of rotatable bonds is 3. The molecule has 0 amide bonds. The molecule has 4 N–H and O–H groups in total. The number of fused-ring (bicyclic) bond motifs is 3. The Morgan fingerprint density at radius 3 is 2.24 bits per heavy atom. The molecular formula is C20H14F6N2O4S. The molecule has 2 atom stereocenters. The second kappa shape index (κ2) is 7.58. The topological polar surface area (TPSA) is 102 Å². The minimum atomic E-state index is -5.21. The van der Waals surface area contributed by atoms with Crippen molar-refractivity contribution < 1.29 is 44.0 Å². The highest BCUT2D eigenvalue weighted by molar-refractivity contribution is 7.83. The fraction of sp³-hybridized carbons (Fsp3) is 0.200. The van der Waals surface area contributed by atoms with E-state index in [2.05, 4.69) is 0 Å². The number of nitrogens with one attached hydrogen (secondary N) is 1. The molecular weight excluding hydrogens is 478 g/mol. The summed E-state index contributed by atoms with van der Waals surface area (Å²) < 4.78 is 123. The number of hydrogen-bond acceptors (Lipinski definition) is 4. The van der Waals surface area contributed by atoms with Crippen molar-refractivity contribution in [3.63, 3.8) is 0 Å². The van der Waals surface area contributed by atoms with Gasteiger partial charge in [0.1, 0.15) is 11.6 Å². The van der Waals surface area contributed by atoms with Crippen molar-refractivity contribution in [2.24, 2.45) is 5.73 Å². The number of alkyl halides is 3. The highest BCUT2D eigenvalue weighted by Crippen LogP contribution is 2.46. The summed E-state index contributed by atoms with van der Waals surface area (Å²) in [5.41, 5.74) is 1.26. The van der Waals surface area contributed by atoms with Crippen LogP contribution in [0.1, 0.15) is 16.7 Å². The molecule has 3 aromatic rings. The van der Waals surface area contributed by atoms with Crippen LogP contribution in [0.5, 0.6) is 5.75 Å². The van der Waals surface area contributed by atoms with Gasteiger partial charge in [0.15, 0.2) is 11.6 Å². The molecule has 0 aliphatic carbocycles. The average molecular weight is 492 g/mol. The Kier molecular flexibility index (Phi) is 5.35. The first kappa shape index (κ1) is 23.3. The van der Waals surface area contributed by atoms with Crippen LogP contribution in [0.25, 0.3) is 10.8 Å². The molecule has 3 aromatic carbocycles. The van der Waals surface area contributed by atoms with Gasteiger partial charge >= 0.3 is 16.5 Å². The van der Waals surface area contributed by atoms with Crippen LogP contribution in [0.15, 0.2) is 42.5 Å². The van der Waals surface area contributed by atoms with Gasteiger partial charge < -0.3 is 10.5 Å². The summed E-state index contributed by atoms with van der Waals surface area (Å²) in [5, 5.41) is -0.440. The third-order valence-electron chi connectivity index (χ3n) is 5.29. The fourth-order valence-corrected chi connectivity index (χ4v) is 4.62. The summed E-state index contributed by atoms with van der Waals surface area (Å²) in [6.07, 6.45) is -5.27. The molecule has 0 aromatic heterocycles. The molecule has 2 unspecified atom stereocenters. The molecule has 1 aliphatic heterocycles. The Morgan fingerprint density at radius 1 is 1.03 bits per heavy atom. The first-order valence-electron chi connectivity index (χ1n) is 9.21. The Morgan fingerprint density at radius 2 is 1.64 bits per heavy atom. The van der Waals surface area contributed by atoms with Crippen LogP contribution in [0, 0.1) is 17.5 Å². The average Bonchev–Trinajstić information content (AvgIpc) is 2.69. The molecule has 176 valence electrons. The zero-order chi connectivity index (χ0) is 24.3. The lowest BCUT2D eigenvalue weighted by Gasteiger charge is -2.43. The van der Waals surface area contributed by atoms with Crippen LogP contribution in [0.2, 0.25) is 0 Å². The summed E-state index contributed by atoms with van der Waals surface area (Å²) in [6, 6.07) is 4.61. The Bertz CT molecular complexity index is 1380. The van der Waals surface area contributed by atoms with Crippen LogP contribution in [-0.4, -0.2) is 19.0 Å². The van der Waals surface area contributed by atoms with Crippen molar-refractivity contribution in [1.29, 1.82) is 0 Å². The van der Waals surface area contributed by atoms with Crippen LogP contribution in [0.3, 0.4) is 0 Å². The molecule has 13 heteroatoms. The van der Waals surface area contributed by atoms with Crippen molar-refractivity contribution in [1.82, 2.24) is 4.72 Å². The van der Waals surface area contributed by atoms with Gasteiger partial charge in [-0.1, -0.05) is 24.3 Å². The van der Waals surface area contributed by atoms with Crippen molar-refractivity contribution in [2.75, 3.05) is 0 Å².